The van der Waals surface area contributed by atoms with Crippen LogP contribution in [0.15, 0.2) is 36.5 Å². The number of hydrogen-bond acceptors (Lipinski definition) is 1. The zero-order valence-corrected chi connectivity index (χ0v) is 5.87. The minimum atomic E-state index is -0.951. The summed E-state index contributed by atoms with van der Waals surface area (Å²) in [7, 11) is 0. The van der Waals surface area contributed by atoms with E-state index in [9.17, 15) is 4.79 Å². The molecule has 0 radical (unpaired) electrons. The second-order valence-corrected chi connectivity index (χ2v) is 1.66. The van der Waals surface area contributed by atoms with Crippen molar-refractivity contribution in [1.82, 2.24) is 0 Å². The molecule has 10 heavy (non-hydrogen) atoms. The first-order chi connectivity index (χ1) is 4.72. The fraction of sp³-hybridized carbons (Fsp3) is 0.125. The van der Waals surface area contributed by atoms with Crippen molar-refractivity contribution in [1.29, 1.82) is 0 Å². The number of allylic oxidation sites excluding steroid dienone is 3. The number of carboxylic acid groups (broad SMARTS) is 1. The maximum Gasteiger partial charge on any atom is 0.335 e. The maximum absolute atomic E-state index is 10.3. The molecule has 0 aliphatic heterocycles. The van der Waals surface area contributed by atoms with Gasteiger partial charge in [0.15, 0.2) is 0 Å². The Morgan fingerprint density at radius 2 is 2.20 bits per heavy atom. The number of rotatable bonds is 3. The van der Waals surface area contributed by atoms with Crippen molar-refractivity contribution in [2.24, 2.45) is 0 Å². The Hall–Kier alpha value is -1.31. The van der Waals surface area contributed by atoms with Gasteiger partial charge in [0.25, 0.3) is 0 Å². The predicted octanol–water partition coefficient (Wildman–Crippen LogP) is 1.76. The summed E-state index contributed by atoms with van der Waals surface area (Å²) < 4.78 is 0. The van der Waals surface area contributed by atoms with Crippen molar-refractivity contribution in [3.8, 4) is 0 Å². The van der Waals surface area contributed by atoms with E-state index in [1.165, 1.54) is 12.2 Å². The van der Waals surface area contributed by atoms with E-state index in [-0.39, 0.29) is 5.57 Å². The van der Waals surface area contributed by atoms with Gasteiger partial charge in [-0.05, 0) is 13.0 Å². The summed E-state index contributed by atoms with van der Waals surface area (Å²) in [6.45, 7) is 5.17. The van der Waals surface area contributed by atoms with Gasteiger partial charge in [-0.15, -0.1) is 0 Å². The van der Waals surface area contributed by atoms with Gasteiger partial charge in [-0.3, -0.25) is 0 Å². The molecule has 0 aliphatic carbocycles. The number of carboxylic acids is 1. The van der Waals surface area contributed by atoms with Gasteiger partial charge < -0.3 is 5.11 Å². The molecule has 0 spiro atoms. The van der Waals surface area contributed by atoms with Crippen LogP contribution in [0.2, 0.25) is 0 Å². The summed E-state index contributed by atoms with van der Waals surface area (Å²) in [4.78, 5) is 10.3. The molecule has 2 nitrogen and oxygen atoms in total. The Morgan fingerprint density at radius 3 is 2.50 bits per heavy atom. The van der Waals surface area contributed by atoms with Crippen LogP contribution in [0.25, 0.3) is 0 Å². The van der Waals surface area contributed by atoms with Crippen LogP contribution in [0.4, 0.5) is 0 Å². The lowest BCUT2D eigenvalue weighted by Gasteiger charge is -1.88. The molecule has 0 bridgehead atoms. The molecular weight excluding hydrogens is 128 g/mol. The second-order valence-electron chi connectivity index (χ2n) is 1.66. The molecule has 0 fully saturated rings. The number of aliphatic carboxylic acids is 1. The summed E-state index contributed by atoms with van der Waals surface area (Å²) in [5, 5.41) is 8.43. The lowest BCUT2D eigenvalue weighted by Crippen LogP contribution is -1.95. The van der Waals surface area contributed by atoms with Gasteiger partial charge in [0, 0.05) is 0 Å². The molecule has 0 atom stereocenters. The maximum atomic E-state index is 10.3. The summed E-state index contributed by atoms with van der Waals surface area (Å²) in [5.41, 5.74) is 0.207. The van der Waals surface area contributed by atoms with E-state index in [1.54, 1.807) is 12.2 Å². The van der Waals surface area contributed by atoms with E-state index in [0.29, 0.717) is 0 Å². The number of carbonyl (C=O) groups is 1. The molecule has 0 aromatic rings. The first-order valence-electron chi connectivity index (χ1n) is 2.91. The first kappa shape index (κ1) is 8.69. The molecule has 0 unspecified atom stereocenters. The lowest BCUT2D eigenvalue weighted by atomic mass is 10.2. The minimum absolute atomic E-state index is 0.207. The Bertz CT molecular complexity index is 187. The van der Waals surface area contributed by atoms with Gasteiger partial charge in [0.1, 0.15) is 0 Å². The summed E-state index contributed by atoms with van der Waals surface area (Å²) in [6.07, 6.45) is 6.22. The normalized spacial score (nSPS) is 11.9. The van der Waals surface area contributed by atoms with Gasteiger partial charge in [0.05, 0.1) is 5.57 Å². The Kier molecular flexibility index (Phi) is 3.96. The van der Waals surface area contributed by atoms with Crippen LogP contribution in [0.5, 0.6) is 0 Å². The number of hydrogen-bond donors (Lipinski definition) is 1. The lowest BCUT2D eigenvalue weighted by molar-refractivity contribution is -0.132. The zero-order valence-electron chi connectivity index (χ0n) is 5.87. The van der Waals surface area contributed by atoms with Gasteiger partial charge in [-0.1, -0.05) is 24.8 Å². The Labute approximate surface area is 60.2 Å². The van der Waals surface area contributed by atoms with Gasteiger partial charge in [0.2, 0.25) is 0 Å². The van der Waals surface area contributed by atoms with E-state index in [0.717, 1.165) is 0 Å². The zero-order chi connectivity index (χ0) is 7.98. The summed E-state index contributed by atoms with van der Waals surface area (Å²) in [5.74, 6) is -0.951. The highest BCUT2D eigenvalue weighted by Gasteiger charge is 1.97. The highest BCUT2D eigenvalue weighted by atomic mass is 16.4. The first-order valence-corrected chi connectivity index (χ1v) is 2.91. The van der Waals surface area contributed by atoms with Crippen molar-refractivity contribution in [2.75, 3.05) is 0 Å². The average Bonchev–Trinajstić information content (AvgIpc) is 1.89. The molecule has 54 valence electrons. The highest BCUT2D eigenvalue weighted by molar-refractivity contribution is 5.89. The fourth-order valence-electron chi connectivity index (χ4n) is 0.427. The molecule has 1 N–H and O–H groups in total. The van der Waals surface area contributed by atoms with E-state index in [2.05, 4.69) is 6.58 Å². The minimum Gasteiger partial charge on any atom is -0.478 e. The quantitative estimate of drug-likeness (QED) is 0.476. The Morgan fingerprint density at radius 1 is 1.60 bits per heavy atom. The monoisotopic (exact) mass is 138 g/mol. The van der Waals surface area contributed by atoms with Crippen LogP contribution < -0.4 is 0 Å². The van der Waals surface area contributed by atoms with Crippen molar-refractivity contribution < 1.29 is 9.90 Å². The van der Waals surface area contributed by atoms with Gasteiger partial charge >= 0.3 is 5.97 Å². The third-order valence-corrected chi connectivity index (χ3v) is 0.935. The predicted molar refractivity (Wildman–Crippen MR) is 40.7 cm³/mol. The molecule has 0 aromatic carbocycles. The molecule has 0 amide bonds. The van der Waals surface area contributed by atoms with Crippen molar-refractivity contribution in [2.45, 2.75) is 6.92 Å². The largest absolute Gasteiger partial charge is 0.478 e. The van der Waals surface area contributed by atoms with Crippen molar-refractivity contribution >= 4 is 5.97 Å². The fourth-order valence-corrected chi connectivity index (χ4v) is 0.427. The van der Waals surface area contributed by atoms with Gasteiger partial charge in [-0.2, -0.15) is 0 Å². The topological polar surface area (TPSA) is 37.3 Å². The van der Waals surface area contributed by atoms with Crippen LogP contribution in [-0.2, 0) is 4.79 Å². The van der Waals surface area contributed by atoms with Crippen LogP contribution in [-0.4, -0.2) is 11.1 Å². The molecule has 2 heteroatoms. The van der Waals surface area contributed by atoms with Crippen LogP contribution in [0, 0.1) is 0 Å². The average molecular weight is 138 g/mol. The highest BCUT2D eigenvalue weighted by Crippen LogP contribution is 1.95. The molecule has 0 saturated heterocycles. The molecule has 0 aromatic heterocycles. The standard InChI is InChI=1S/C8H10O2/c1-3-5-6-7(4-2)8(9)10/h3-6H,2H2,1H3,(H,9,10)/b5-3+,7-6+. The third-order valence-electron chi connectivity index (χ3n) is 0.935. The third kappa shape index (κ3) is 2.87. The van der Waals surface area contributed by atoms with E-state index in [4.69, 9.17) is 5.11 Å². The van der Waals surface area contributed by atoms with Crippen LogP contribution >= 0.6 is 0 Å². The molecule has 0 saturated carbocycles. The molecule has 0 rings (SSSR count). The smallest absolute Gasteiger partial charge is 0.335 e. The molecule has 0 heterocycles. The SMILES string of the molecule is C=C/C(=C\C=C\C)C(=O)O. The van der Waals surface area contributed by atoms with E-state index < -0.39 is 5.97 Å². The van der Waals surface area contributed by atoms with Crippen molar-refractivity contribution in [3.05, 3.63) is 36.5 Å². The van der Waals surface area contributed by atoms with Crippen molar-refractivity contribution in [3.63, 3.8) is 0 Å². The van der Waals surface area contributed by atoms with Crippen LogP contribution in [0.3, 0.4) is 0 Å². The van der Waals surface area contributed by atoms with Crippen LogP contribution in [0.1, 0.15) is 6.92 Å². The Balaban J connectivity index is 4.33. The van der Waals surface area contributed by atoms with Gasteiger partial charge in [-0.25, -0.2) is 4.79 Å². The van der Waals surface area contributed by atoms with E-state index in [1.807, 2.05) is 6.92 Å². The summed E-state index contributed by atoms with van der Waals surface area (Å²) in [6, 6.07) is 0. The summed E-state index contributed by atoms with van der Waals surface area (Å²) >= 11 is 0. The van der Waals surface area contributed by atoms with E-state index >= 15 is 0 Å². The molecule has 0 aliphatic rings. The molecular formula is C8H10O2. The second kappa shape index (κ2) is 4.56.